The number of nitrogens with two attached hydrogens (primary N) is 1. The number of nitrogens with zero attached hydrogens (tertiary/aromatic N) is 2. The lowest BCUT2D eigenvalue weighted by Crippen LogP contribution is -2.42. The summed E-state index contributed by atoms with van der Waals surface area (Å²) in [7, 11) is 2.05. The molecule has 2 N–H and O–H groups in total. The van der Waals surface area contributed by atoms with Crippen molar-refractivity contribution in [1.29, 1.82) is 0 Å². The number of rotatable bonds is 3. The largest absolute Gasteiger partial charge is 0.338 e. The normalized spacial score (nSPS) is 29.5. The Morgan fingerprint density at radius 1 is 1.44 bits per heavy atom. The molecule has 3 nitrogen and oxygen atoms in total. The van der Waals surface area contributed by atoms with Gasteiger partial charge in [-0.25, -0.2) is 4.98 Å². The number of aromatic nitrogens is 2. The van der Waals surface area contributed by atoms with Gasteiger partial charge < -0.3 is 10.3 Å². The molecule has 3 heteroatoms. The second-order valence-corrected chi connectivity index (χ2v) is 6.43. The molecule has 0 bridgehead atoms. The zero-order valence-corrected chi connectivity index (χ0v) is 12.0. The maximum Gasteiger partial charge on any atom is 0.110 e. The van der Waals surface area contributed by atoms with E-state index in [1.807, 2.05) is 12.4 Å². The van der Waals surface area contributed by atoms with Gasteiger partial charge in [-0.2, -0.15) is 0 Å². The van der Waals surface area contributed by atoms with Crippen molar-refractivity contribution >= 4 is 0 Å². The molecule has 1 aromatic rings. The van der Waals surface area contributed by atoms with Crippen LogP contribution < -0.4 is 5.73 Å². The number of hydrogen-bond acceptors (Lipinski definition) is 2. The standard InChI is InChI=1S/C15H27N3/c1-12(2)13-5-4-7-15(16,8-6-13)11-14-17-9-10-18(14)3/h9-10,12-13H,4-8,11,16H2,1-3H3. The van der Waals surface area contributed by atoms with E-state index < -0.39 is 0 Å². The molecule has 1 heterocycles. The van der Waals surface area contributed by atoms with Crippen LogP contribution in [-0.4, -0.2) is 15.1 Å². The van der Waals surface area contributed by atoms with Gasteiger partial charge in [0.25, 0.3) is 0 Å². The summed E-state index contributed by atoms with van der Waals surface area (Å²) in [5, 5.41) is 0. The van der Waals surface area contributed by atoms with Crippen LogP contribution in [0, 0.1) is 11.8 Å². The predicted octanol–water partition coefficient (Wildman–Crippen LogP) is 2.90. The van der Waals surface area contributed by atoms with Gasteiger partial charge in [0.15, 0.2) is 0 Å². The van der Waals surface area contributed by atoms with Crippen LogP contribution in [0.2, 0.25) is 0 Å². The van der Waals surface area contributed by atoms with Crippen molar-refractivity contribution in [1.82, 2.24) is 9.55 Å². The Balaban J connectivity index is 2.01. The molecule has 1 aliphatic rings. The molecule has 1 aliphatic carbocycles. The van der Waals surface area contributed by atoms with Crippen molar-refractivity contribution < 1.29 is 0 Å². The van der Waals surface area contributed by atoms with Gasteiger partial charge in [-0.3, -0.25) is 0 Å². The molecule has 0 radical (unpaired) electrons. The first-order chi connectivity index (χ1) is 8.50. The average Bonchev–Trinajstić information content (AvgIpc) is 2.59. The summed E-state index contributed by atoms with van der Waals surface area (Å²) in [6.07, 6.45) is 11.0. The lowest BCUT2D eigenvalue weighted by molar-refractivity contribution is 0.318. The van der Waals surface area contributed by atoms with Gasteiger partial charge in [-0.1, -0.05) is 26.7 Å². The highest BCUT2D eigenvalue weighted by Gasteiger charge is 2.31. The second kappa shape index (κ2) is 5.43. The monoisotopic (exact) mass is 249 g/mol. The number of imidazole rings is 1. The van der Waals surface area contributed by atoms with Gasteiger partial charge in [0.05, 0.1) is 0 Å². The zero-order chi connectivity index (χ0) is 13.2. The van der Waals surface area contributed by atoms with Crippen LogP contribution in [0.25, 0.3) is 0 Å². The third-order valence-corrected chi connectivity index (χ3v) is 4.64. The SMILES string of the molecule is CC(C)C1CCCC(N)(Cc2nccn2C)CC1. The molecule has 0 spiro atoms. The van der Waals surface area contributed by atoms with Crippen LogP contribution >= 0.6 is 0 Å². The minimum absolute atomic E-state index is 0.0389. The Bertz CT molecular complexity index is 383. The lowest BCUT2D eigenvalue weighted by atomic mass is 9.85. The van der Waals surface area contributed by atoms with Crippen molar-refractivity contribution in [3.63, 3.8) is 0 Å². The van der Waals surface area contributed by atoms with Gasteiger partial charge >= 0.3 is 0 Å². The number of aryl methyl sites for hydroxylation is 1. The Hall–Kier alpha value is -0.830. The smallest absolute Gasteiger partial charge is 0.110 e. The maximum atomic E-state index is 6.63. The molecule has 1 fully saturated rings. The Kier molecular flexibility index (Phi) is 4.10. The average molecular weight is 249 g/mol. The van der Waals surface area contributed by atoms with E-state index in [2.05, 4.69) is 30.4 Å². The van der Waals surface area contributed by atoms with Gasteiger partial charge in [-0.15, -0.1) is 0 Å². The van der Waals surface area contributed by atoms with Gasteiger partial charge in [0.1, 0.15) is 5.82 Å². The third-order valence-electron chi connectivity index (χ3n) is 4.64. The maximum absolute atomic E-state index is 6.63. The first-order valence-electron chi connectivity index (χ1n) is 7.25. The summed E-state index contributed by atoms with van der Waals surface area (Å²) in [4.78, 5) is 4.42. The quantitative estimate of drug-likeness (QED) is 0.837. The van der Waals surface area contributed by atoms with E-state index in [-0.39, 0.29) is 5.54 Å². The highest BCUT2D eigenvalue weighted by atomic mass is 15.0. The summed E-state index contributed by atoms with van der Waals surface area (Å²) in [6, 6.07) is 0. The summed E-state index contributed by atoms with van der Waals surface area (Å²) in [5.74, 6) is 2.78. The van der Waals surface area contributed by atoms with Crippen LogP contribution in [0.5, 0.6) is 0 Å². The molecule has 18 heavy (non-hydrogen) atoms. The highest BCUT2D eigenvalue weighted by Crippen LogP contribution is 2.34. The highest BCUT2D eigenvalue weighted by molar-refractivity contribution is 5.01. The fourth-order valence-electron chi connectivity index (χ4n) is 3.18. The van der Waals surface area contributed by atoms with Gasteiger partial charge in [-0.05, 0) is 31.1 Å². The third kappa shape index (κ3) is 3.14. The molecular formula is C15H27N3. The molecule has 1 aromatic heterocycles. The van der Waals surface area contributed by atoms with E-state index >= 15 is 0 Å². The van der Waals surface area contributed by atoms with E-state index in [9.17, 15) is 0 Å². The Morgan fingerprint density at radius 3 is 2.83 bits per heavy atom. The molecule has 102 valence electrons. The summed E-state index contributed by atoms with van der Waals surface area (Å²) in [5.41, 5.74) is 6.59. The predicted molar refractivity (Wildman–Crippen MR) is 75.2 cm³/mol. The fraction of sp³-hybridized carbons (Fsp3) is 0.800. The molecule has 2 rings (SSSR count). The molecule has 0 saturated heterocycles. The van der Waals surface area contributed by atoms with Crippen LogP contribution in [0.4, 0.5) is 0 Å². The molecular weight excluding hydrogens is 222 g/mol. The van der Waals surface area contributed by atoms with Crippen molar-refractivity contribution in [2.45, 2.75) is 57.9 Å². The van der Waals surface area contributed by atoms with Crippen LogP contribution in [0.1, 0.15) is 51.8 Å². The minimum atomic E-state index is -0.0389. The van der Waals surface area contributed by atoms with Crippen molar-refractivity contribution in [2.75, 3.05) is 0 Å². The van der Waals surface area contributed by atoms with Crippen molar-refractivity contribution in [2.24, 2.45) is 24.6 Å². The first kappa shape index (κ1) is 13.6. The first-order valence-corrected chi connectivity index (χ1v) is 7.25. The summed E-state index contributed by atoms with van der Waals surface area (Å²) < 4.78 is 2.10. The van der Waals surface area contributed by atoms with Crippen LogP contribution in [-0.2, 0) is 13.5 Å². The molecule has 0 amide bonds. The van der Waals surface area contributed by atoms with Crippen LogP contribution in [0.15, 0.2) is 12.4 Å². The van der Waals surface area contributed by atoms with E-state index in [4.69, 9.17) is 5.73 Å². The van der Waals surface area contributed by atoms with E-state index in [1.165, 1.54) is 19.3 Å². The topological polar surface area (TPSA) is 43.8 Å². The molecule has 0 aromatic carbocycles. The zero-order valence-electron chi connectivity index (χ0n) is 12.0. The van der Waals surface area contributed by atoms with Gasteiger partial charge in [0.2, 0.25) is 0 Å². The fourth-order valence-corrected chi connectivity index (χ4v) is 3.18. The minimum Gasteiger partial charge on any atom is -0.338 e. The van der Waals surface area contributed by atoms with Gasteiger partial charge in [0, 0.05) is 31.4 Å². The van der Waals surface area contributed by atoms with E-state index in [0.717, 1.165) is 36.9 Å². The second-order valence-electron chi connectivity index (χ2n) is 6.43. The molecule has 2 unspecified atom stereocenters. The van der Waals surface area contributed by atoms with E-state index in [1.54, 1.807) is 0 Å². The lowest BCUT2D eigenvalue weighted by Gasteiger charge is -2.28. The molecule has 2 atom stereocenters. The van der Waals surface area contributed by atoms with Crippen molar-refractivity contribution in [3.8, 4) is 0 Å². The Labute approximate surface area is 111 Å². The molecule has 0 aliphatic heterocycles. The molecule has 1 saturated carbocycles. The van der Waals surface area contributed by atoms with Crippen molar-refractivity contribution in [3.05, 3.63) is 18.2 Å². The summed E-state index contributed by atoms with van der Waals surface area (Å²) >= 11 is 0. The van der Waals surface area contributed by atoms with Crippen LogP contribution in [0.3, 0.4) is 0 Å². The summed E-state index contributed by atoms with van der Waals surface area (Å²) in [6.45, 7) is 4.68. The number of hydrogen-bond donors (Lipinski definition) is 1. The van der Waals surface area contributed by atoms with E-state index in [0.29, 0.717) is 0 Å². The Morgan fingerprint density at radius 2 is 2.22 bits per heavy atom.